The second kappa shape index (κ2) is 4.30. The first kappa shape index (κ1) is 11.5. The summed E-state index contributed by atoms with van der Waals surface area (Å²) in [6.07, 6.45) is 3.54. The SMILES string of the molecule is CC(C)(C)O[C@H]1CC[C@H](C(=O)O)CC1. The minimum absolute atomic E-state index is 0.110. The van der Waals surface area contributed by atoms with Crippen LogP contribution in [-0.2, 0) is 9.53 Å². The van der Waals surface area contributed by atoms with Crippen LogP contribution in [-0.4, -0.2) is 22.8 Å². The van der Waals surface area contributed by atoms with E-state index in [-0.39, 0.29) is 17.6 Å². The van der Waals surface area contributed by atoms with E-state index in [9.17, 15) is 4.79 Å². The van der Waals surface area contributed by atoms with Crippen LogP contribution >= 0.6 is 0 Å². The van der Waals surface area contributed by atoms with E-state index in [1.807, 2.05) is 20.8 Å². The molecule has 1 fully saturated rings. The van der Waals surface area contributed by atoms with Crippen molar-refractivity contribution in [2.45, 2.75) is 58.2 Å². The molecule has 0 saturated heterocycles. The molecule has 82 valence electrons. The molecule has 0 aromatic heterocycles. The van der Waals surface area contributed by atoms with Crippen LogP contribution in [0.5, 0.6) is 0 Å². The zero-order valence-electron chi connectivity index (χ0n) is 9.25. The second-order valence-corrected chi connectivity index (χ2v) is 5.04. The summed E-state index contributed by atoms with van der Waals surface area (Å²) in [6.45, 7) is 6.11. The van der Waals surface area contributed by atoms with Gasteiger partial charge in [-0.3, -0.25) is 4.79 Å². The van der Waals surface area contributed by atoms with Gasteiger partial charge in [0.05, 0.1) is 17.6 Å². The van der Waals surface area contributed by atoms with Gasteiger partial charge in [-0.05, 0) is 46.5 Å². The van der Waals surface area contributed by atoms with Crippen molar-refractivity contribution in [1.82, 2.24) is 0 Å². The summed E-state index contributed by atoms with van der Waals surface area (Å²) in [5, 5.41) is 8.82. The Morgan fingerprint density at radius 3 is 2.07 bits per heavy atom. The minimum atomic E-state index is -0.654. The number of aliphatic carboxylic acids is 1. The predicted octanol–water partition coefficient (Wildman–Crippen LogP) is 2.44. The summed E-state index contributed by atoms with van der Waals surface area (Å²) in [4.78, 5) is 10.7. The molecular formula is C11H20O3. The number of carbonyl (C=O) groups is 1. The maximum Gasteiger partial charge on any atom is 0.306 e. The van der Waals surface area contributed by atoms with Gasteiger partial charge in [0.25, 0.3) is 0 Å². The van der Waals surface area contributed by atoms with Crippen molar-refractivity contribution in [2.75, 3.05) is 0 Å². The standard InChI is InChI=1S/C11H20O3/c1-11(2,3)14-9-6-4-8(5-7-9)10(12)13/h8-9H,4-7H2,1-3H3,(H,12,13)/t8-,9-. The lowest BCUT2D eigenvalue weighted by Gasteiger charge is -2.32. The van der Waals surface area contributed by atoms with Crippen molar-refractivity contribution in [3.05, 3.63) is 0 Å². The lowest BCUT2D eigenvalue weighted by molar-refractivity contribution is -0.145. The second-order valence-electron chi connectivity index (χ2n) is 5.04. The van der Waals surface area contributed by atoms with Gasteiger partial charge in [-0.1, -0.05) is 0 Å². The highest BCUT2D eigenvalue weighted by Gasteiger charge is 2.28. The molecule has 1 rings (SSSR count). The number of hydrogen-bond donors (Lipinski definition) is 1. The van der Waals surface area contributed by atoms with E-state index in [4.69, 9.17) is 9.84 Å². The van der Waals surface area contributed by atoms with Crippen LogP contribution < -0.4 is 0 Å². The fourth-order valence-corrected chi connectivity index (χ4v) is 1.93. The van der Waals surface area contributed by atoms with Crippen molar-refractivity contribution in [3.8, 4) is 0 Å². The lowest BCUT2D eigenvalue weighted by Crippen LogP contribution is -2.32. The Hall–Kier alpha value is -0.570. The molecule has 0 amide bonds. The lowest BCUT2D eigenvalue weighted by atomic mass is 9.87. The van der Waals surface area contributed by atoms with Crippen molar-refractivity contribution < 1.29 is 14.6 Å². The Kier molecular flexibility index (Phi) is 3.53. The summed E-state index contributed by atoms with van der Waals surface area (Å²) >= 11 is 0. The average molecular weight is 200 g/mol. The van der Waals surface area contributed by atoms with Crippen LogP contribution in [0.15, 0.2) is 0 Å². The van der Waals surface area contributed by atoms with Gasteiger partial charge in [-0.2, -0.15) is 0 Å². The van der Waals surface area contributed by atoms with Crippen LogP contribution in [0, 0.1) is 5.92 Å². The molecule has 0 spiro atoms. The number of rotatable bonds is 2. The van der Waals surface area contributed by atoms with E-state index in [0.717, 1.165) is 25.7 Å². The third kappa shape index (κ3) is 3.66. The van der Waals surface area contributed by atoms with E-state index in [1.165, 1.54) is 0 Å². The van der Waals surface area contributed by atoms with Crippen molar-refractivity contribution in [2.24, 2.45) is 5.92 Å². The molecule has 0 atom stereocenters. The normalized spacial score (nSPS) is 28.8. The molecule has 0 aromatic carbocycles. The quantitative estimate of drug-likeness (QED) is 0.744. The highest BCUT2D eigenvalue weighted by Crippen LogP contribution is 2.28. The van der Waals surface area contributed by atoms with Crippen LogP contribution in [0.4, 0.5) is 0 Å². The Labute approximate surface area is 85.5 Å². The molecule has 0 unspecified atom stereocenters. The third-order valence-corrected chi connectivity index (χ3v) is 2.54. The van der Waals surface area contributed by atoms with Crippen LogP contribution in [0.1, 0.15) is 46.5 Å². The molecule has 1 aliphatic carbocycles. The van der Waals surface area contributed by atoms with Gasteiger partial charge in [-0.15, -0.1) is 0 Å². The van der Waals surface area contributed by atoms with E-state index >= 15 is 0 Å². The van der Waals surface area contributed by atoms with E-state index in [2.05, 4.69) is 0 Å². The van der Waals surface area contributed by atoms with Crippen LogP contribution in [0.3, 0.4) is 0 Å². The van der Waals surface area contributed by atoms with Crippen molar-refractivity contribution >= 4 is 5.97 Å². The summed E-state index contributed by atoms with van der Waals surface area (Å²) < 4.78 is 5.81. The van der Waals surface area contributed by atoms with Crippen LogP contribution in [0.25, 0.3) is 0 Å². The largest absolute Gasteiger partial charge is 0.481 e. The van der Waals surface area contributed by atoms with Gasteiger partial charge in [0, 0.05) is 0 Å². The molecule has 0 bridgehead atoms. The molecule has 3 heteroatoms. The Balaban J connectivity index is 2.33. The van der Waals surface area contributed by atoms with Crippen LogP contribution in [0.2, 0.25) is 0 Å². The number of carboxylic acid groups (broad SMARTS) is 1. The third-order valence-electron chi connectivity index (χ3n) is 2.54. The molecule has 1 saturated carbocycles. The number of hydrogen-bond acceptors (Lipinski definition) is 2. The Morgan fingerprint density at radius 1 is 1.21 bits per heavy atom. The Morgan fingerprint density at radius 2 is 1.71 bits per heavy atom. The number of ether oxygens (including phenoxy) is 1. The number of carboxylic acids is 1. The van der Waals surface area contributed by atoms with Gasteiger partial charge < -0.3 is 9.84 Å². The summed E-state index contributed by atoms with van der Waals surface area (Å²) in [5.41, 5.74) is -0.110. The first-order chi connectivity index (χ1) is 6.38. The minimum Gasteiger partial charge on any atom is -0.481 e. The molecule has 14 heavy (non-hydrogen) atoms. The zero-order chi connectivity index (χ0) is 10.8. The first-order valence-electron chi connectivity index (χ1n) is 5.29. The van der Waals surface area contributed by atoms with Crippen molar-refractivity contribution in [1.29, 1.82) is 0 Å². The molecule has 1 N–H and O–H groups in total. The van der Waals surface area contributed by atoms with Crippen molar-refractivity contribution in [3.63, 3.8) is 0 Å². The summed E-state index contributed by atoms with van der Waals surface area (Å²) in [6, 6.07) is 0. The molecule has 0 heterocycles. The fourth-order valence-electron chi connectivity index (χ4n) is 1.93. The van der Waals surface area contributed by atoms with Gasteiger partial charge >= 0.3 is 5.97 Å². The highest BCUT2D eigenvalue weighted by atomic mass is 16.5. The summed E-state index contributed by atoms with van der Waals surface area (Å²) in [7, 11) is 0. The average Bonchev–Trinajstić information content (AvgIpc) is 2.02. The van der Waals surface area contributed by atoms with Gasteiger partial charge in [-0.25, -0.2) is 0 Å². The molecule has 0 aromatic rings. The van der Waals surface area contributed by atoms with Gasteiger partial charge in [0.15, 0.2) is 0 Å². The highest BCUT2D eigenvalue weighted by molar-refractivity contribution is 5.70. The zero-order valence-corrected chi connectivity index (χ0v) is 9.25. The molecule has 3 nitrogen and oxygen atoms in total. The molecule has 1 aliphatic rings. The monoisotopic (exact) mass is 200 g/mol. The van der Waals surface area contributed by atoms with E-state index in [1.54, 1.807) is 0 Å². The maximum atomic E-state index is 10.7. The predicted molar refractivity (Wildman–Crippen MR) is 54.2 cm³/mol. The first-order valence-corrected chi connectivity index (χ1v) is 5.29. The van der Waals surface area contributed by atoms with Gasteiger partial charge in [0.2, 0.25) is 0 Å². The summed E-state index contributed by atoms with van der Waals surface area (Å²) in [5.74, 6) is -0.797. The van der Waals surface area contributed by atoms with E-state index < -0.39 is 5.97 Å². The maximum absolute atomic E-state index is 10.7. The smallest absolute Gasteiger partial charge is 0.306 e. The Bertz CT molecular complexity index is 197. The molecule has 0 aliphatic heterocycles. The topological polar surface area (TPSA) is 46.5 Å². The molecule has 0 radical (unpaired) electrons. The van der Waals surface area contributed by atoms with E-state index in [0.29, 0.717) is 0 Å². The van der Waals surface area contributed by atoms with Gasteiger partial charge in [0.1, 0.15) is 0 Å². The molecular weight excluding hydrogens is 180 g/mol. The fraction of sp³-hybridized carbons (Fsp3) is 0.909.